The molecule has 25 heavy (non-hydrogen) atoms. The first kappa shape index (κ1) is 15.5. The Bertz CT molecular complexity index is 892. The summed E-state index contributed by atoms with van der Waals surface area (Å²) >= 11 is 0. The SMILES string of the molecule is CCc1nnc2ccc(NC3CCN(C(=O)c4ccccn4)C3)nn12. The maximum atomic E-state index is 12.5. The van der Waals surface area contributed by atoms with Crippen LogP contribution in [0.5, 0.6) is 0 Å². The van der Waals surface area contributed by atoms with Gasteiger partial charge in [-0.15, -0.1) is 15.3 Å². The number of aryl methyl sites for hydroxylation is 1. The molecule has 0 saturated carbocycles. The van der Waals surface area contributed by atoms with Crippen molar-refractivity contribution in [2.24, 2.45) is 0 Å². The molecule has 1 amide bonds. The third-order valence-electron chi connectivity index (χ3n) is 4.36. The van der Waals surface area contributed by atoms with Crippen molar-refractivity contribution in [1.82, 2.24) is 29.7 Å². The van der Waals surface area contributed by atoms with Crippen LogP contribution in [0.2, 0.25) is 0 Å². The van der Waals surface area contributed by atoms with Crippen molar-refractivity contribution in [1.29, 1.82) is 0 Å². The smallest absolute Gasteiger partial charge is 0.272 e. The van der Waals surface area contributed by atoms with Crippen molar-refractivity contribution in [3.05, 3.63) is 48.0 Å². The monoisotopic (exact) mass is 337 g/mol. The summed E-state index contributed by atoms with van der Waals surface area (Å²) in [7, 11) is 0. The zero-order valence-corrected chi connectivity index (χ0v) is 14.0. The molecule has 1 fully saturated rings. The standard InChI is InChI=1S/C17H19N7O/c1-2-15-20-21-16-7-6-14(22-24(15)16)19-12-8-10-23(11-12)17(25)13-5-3-4-9-18-13/h3-7,9,12H,2,8,10-11H2,1H3,(H,19,22). The topological polar surface area (TPSA) is 88.3 Å². The molecule has 3 aromatic heterocycles. The summed E-state index contributed by atoms with van der Waals surface area (Å²) < 4.78 is 1.76. The van der Waals surface area contributed by atoms with Gasteiger partial charge >= 0.3 is 0 Å². The van der Waals surface area contributed by atoms with Gasteiger partial charge in [0.15, 0.2) is 11.5 Å². The number of amides is 1. The molecule has 0 bridgehead atoms. The average Bonchev–Trinajstić information content (AvgIpc) is 3.28. The highest BCUT2D eigenvalue weighted by atomic mass is 16.2. The van der Waals surface area contributed by atoms with E-state index in [0.29, 0.717) is 18.8 Å². The van der Waals surface area contributed by atoms with Gasteiger partial charge in [-0.2, -0.15) is 4.52 Å². The Morgan fingerprint density at radius 2 is 2.20 bits per heavy atom. The van der Waals surface area contributed by atoms with Crippen LogP contribution >= 0.6 is 0 Å². The Labute approximate surface area is 144 Å². The number of carbonyl (C=O) groups excluding carboxylic acids is 1. The van der Waals surface area contributed by atoms with E-state index >= 15 is 0 Å². The third-order valence-corrected chi connectivity index (χ3v) is 4.36. The van der Waals surface area contributed by atoms with Crippen LogP contribution in [-0.4, -0.2) is 54.7 Å². The second kappa shape index (κ2) is 6.46. The van der Waals surface area contributed by atoms with Crippen molar-refractivity contribution < 1.29 is 4.79 Å². The molecule has 1 unspecified atom stereocenters. The predicted molar refractivity (Wildman–Crippen MR) is 92.3 cm³/mol. The van der Waals surface area contributed by atoms with Crippen molar-refractivity contribution in [3.63, 3.8) is 0 Å². The fourth-order valence-electron chi connectivity index (χ4n) is 3.05. The minimum atomic E-state index is -0.0274. The van der Waals surface area contributed by atoms with Gasteiger partial charge in [-0.1, -0.05) is 13.0 Å². The van der Waals surface area contributed by atoms with Crippen LogP contribution in [0.25, 0.3) is 5.65 Å². The molecule has 1 saturated heterocycles. The predicted octanol–water partition coefficient (Wildman–Crippen LogP) is 1.41. The van der Waals surface area contributed by atoms with Crippen molar-refractivity contribution >= 4 is 17.4 Å². The van der Waals surface area contributed by atoms with Crippen LogP contribution in [0.4, 0.5) is 5.82 Å². The lowest BCUT2D eigenvalue weighted by molar-refractivity contribution is 0.0786. The highest BCUT2D eigenvalue weighted by Crippen LogP contribution is 2.17. The highest BCUT2D eigenvalue weighted by molar-refractivity contribution is 5.92. The van der Waals surface area contributed by atoms with Crippen LogP contribution in [0, 0.1) is 0 Å². The lowest BCUT2D eigenvalue weighted by Crippen LogP contribution is -2.32. The summed E-state index contributed by atoms with van der Waals surface area (Å²) in [6.07, 6.45) is 3.29. The van der Waals surface area contributed by atoms with Crippen LogP contribution in [-0.2, 0) is 6.42 Å². The average molecular weight is 337 g/mol. The summed E-state index contributed by atoms with van der Waals surface area (Å²) in [4.78, 5) is 18.4. The number of pyridine rings is 1. The van der Waals surface area contributed by atoms with Crippen molar-refractivity contribution in [2.45, 2.75) is 25.8 Å². The number of anilines is 1. The molecule has 1 aliphatic heterocycles. The number of aromatic nitrogens is 5. The van der Waals surface area contributed by atoms with E-state index in [-0.39, 0.29) is 11.9 Å². The summed E-state index contributed by atoms with van der Waals surface area (Å²) in [5.74, 6) is 1.57. The summed E-state index contributed by atoms with van der Waals surface area (Å²) in [6.45, 7) is 3.37. The number of hydrogen-bond donors (Lipinski definition) is 1. The van der Waals surface area contributed by atoms with Gasteiger partial charge in [0, 0.05) is 31.7 Å². The maximum absolute atomic E-state index is 12.5. The molecule has 4 heterocycles. The first-order valence-electron chi connectivity index (χ1n) is 8.43. The number of likely N-dealkylation sites (tertiary alicyclic amines) is 1. The lowest BCUT2D eigenvalue weighted by Gasteiger charge is -2.17. The minimum Gasteiger partial charge on any atom is -0.364 e. The molecule has 0 aliphatic carbocycles. The van der Waals surface area contributed by atoms with Crippen LogP contribution in [0.1, 0.15) is 29.7 Å². The Morgan fingerprint density at radius 3 is 3.00 bits per heavy atom. The largest absolute Gasteiger partial charge is 0.364 e. The third kappa shape index (κ3) is 3.02. The highest BCUT2D eigenvalue weighted by Gasteiger charge is 2.27. The molecule has 8 heteroatoms. The maximum Gasteiger partial charge on any atom is 0.272 e. The number of nitrogens with zero attached hydrogens (tertiary/aromatic N) is 6. The second-order valence-electron chi connectivity index (χ2n) is 6.05. The van der Waals surface area contributed by atoms with Gasteiger partial charge in [0.25, 0.3) is 5.91 Å². The molecule has 0 radical (unpaired) electrons. The molecule has 8 nitrogen and oxygen atoms in total. The van der Waals surface area contributed by atoms with Gasteiger partial charge < -0.3 is 10.2 Å². The first-order valence-corrected chi connectivity index (χ1v) is 8.43. The Morgan fingerprint density at radius 1 is 1.28 bits per heavy atom. The molecule has 3 aromatic rings. The Balaban J connectivity index is 1.45. The van der Waals surface area contributed by atoms with E-state index in [2.05, 4.69) is 25.6 Å². The second-order valence-corrected chi connectivity index (χ2v) is 6.05. The van der Waals surface area contributed by atoms with Gasteiger partial charge in [-0.05, 0) is 30.7 Å². The van der Waals surface area contributed by atoms with Crippen LogP contribution in [0.3, 0.4) is 0 Å². The molecular formula is C17H19N7O. The molecule has 0 spiro atoms. The summed E-state index contributed by atoms with van der Waals surface area (Å²) in [5.41, 5.74) is 1.22. The number of fused-ring (bicyclic) bond motifs is 1. The quantitative estimate of drug-likeness (QED) is 0.774. The Hall–Kier alpha value is -3.03. The van der Waals surface area contributed by atoms with E-state index in [9.17, 15) is 4.79 Å². The van der Waals surface area contributed by atoms with Crippen molar-refractivity contribution in [2.75, 3.05) is 18.4 Å². The first-order chi connectivity index (χ1) is 12.2. The van der Waals surface area contributed by atoms with Crippen LogP contribution in [0.15, 0.2) is 36.5 Å². The number of rotatable bonds is 4. The number of hydrogen-bond acceptors (Lipinski definition) is 6. The fourth-order valence-corrected chi connectivity index (χ4v) is 3.05. The lowest BCUT2D eigenvalue weighted by atomic mass is 10.2. The number of carbonyl (C=O) groups is 1. The van der Waals surface area contributed by atoms with Crippen LogP contribution < -0.4 is 5.32 Å². The van der Waals surface area contributed by atoms with E-state index < -0.39 is 0 Å². The normalized spacial score (nSPS) is 17.2. The molecule has 4 rings (SSSR count). The number of nitrogens with one attached hydrogen (secondary N) is 1. The Kier molecular flexibility index (Phi) is 4.01. The van der Waals surface area contributed by atoms with E-state index in [0.717, 1.165) is 30.1 Å². The van der Waals surface area contributed by atoms with Gasteiger partial charge in [0.2, 0.25) is 0 Å². The van der Waals surface area contributed by atoms with E-state index in [4.69, 9.17) is 0 Å². The molecular weight excluding hydrogens is 318 g/mol. The summed E-state index contributed by atoms with van der Waals surface area (Å²) in [6, 6.07) is 9.34. The molecule has 128 valence electrons. The van der Waals surface area contributed by atoms with Gasteiger partial charge in [0.1, 0.15) is 11.5 Å². The van der Waals surface area contributed by atoms with E-state index in [1.54, 1.807) is 16.8 Å². The van der Waals surface area contributed by atoms with Gasteiger partial charge in [-0.3, -0.25) is 9.78 Å². The van der Waals surface area contributed by atoms with E-state index in [1.165, 1.54) is 0 Å². The zero-order valence-electron chi connectivity index (χ0n) is 14.0. The summed E-state index contributed by atoms with van der Waals surface area (Å²) in [5, 5.41) is 16.2. The molecule has 1 N–H and O–H groups in total. The molecule has 1 atom stereocenters. The minimum absolute atomic E-state index is 0.0274. The molecule has 1 aliphatic rings. The van der Waals surface area contributed by atoms with Gasteiger partial charge in [-0.25, -0.2) is 0 Å². The van der Waals surface area contributed by atoms with Gasteiger partial charge in [0.05, 0.1) is 0 Å². The van der Waals surface area contributed by atoms with E-state index in [1.807, 2.05) is 36.1 Å². The fraction of sp³-hybridized carbons (Fsp3) is 0.353. The zero-order chi connectivity index (χ0) is 17.2. The molecule has 0 aromatic carbocycles. The van der Waals surface area contributed by atoms with Crippen molar-refractivity contribution in [3.8, 4) is 0 Å².